The molecule has 2 aromatic heterocycles. The minimum absolute atomic E-state index is 0.0421. The van der Waals surface area contributed by atoms with Gasteiger partial charge in [-0.2, -0.15) is 30.0 Å². The van der Waals surface area contributed by atoms with Gasteiger partial charge in [-0.05, 0) is 60.7 Å². The fourth-order valence-corrected chi connectivity index (χ4v) is 8.42. The summed E-state index contributed by atoms with van der Waals surface area (Å²) in [5.41, 5.74) is 1.93. The van der Waals surface area contributed by atoms with Gasteiger partial charge in [0.05, 0.1) is 59.2 Å². The second-order valence-corrected chi connectivity index (χ2v) is 17.2. The number of carbonyl (C=O) groups is 1. The highest BCUT2D eigenvalue weighted by Gasteiger charge is 2.38. The maximum atomic E-state index is 13.9. The highest BCUT2D eigenvalue weighted by atomic mass is 35.5. The summed E-state index contributed by atoms with van der Waals surface area (Å²) in [6.45, 7) is 2.56. The Balaban J connectivity index is 1.63. The van der Waals surface area contributed by atoms with Crippen LogP contribution in [-0.2, 0) is 50.7 Å². The summed E-state index contributed by atoms with van der Waals surface area (Å²) < 4.78 is 116. The van der Waals surface area contributed by atoms with E-state index >= 15 is 0 Å². The summed E-state index contributed by atoms with van der Waals surface area (Å²) in [7, 11) is -5.67. The largest absolute Gasteiger partial charge is 0.465 e. The minimum Gasteiger partial charge on any atom is -0.465 e. The Morgan fingerprint density at radius 1 is 1.02 bits per heavy atom. The van der Waals surface area contributed by atoms with Crippen LogP contribution >= 0.6 is 22.9 Å². The lowest BCUT2D eigenvalue weighted by Gasteiger charge is -2.23. The van der Waals surface area contributed by atoms with Crippen LogP contribution in [-0.4, -0.2) is 68.7 Å². The molecule has 0 bridgehead atoms. The van der Waals surface area contributed by atoms with Crippen LogP contribution in [0.15, 0.2) is 77.5 Å². The number of hydrogen-bond donors (Lipinski definition) is 2. The third kappa shape index (κ3) is 10.2. The topological polar surface area (TPSA) is 150 Å². The van der Waals surface area contributed by atoms with E-state index in [0.717, 1.165) is 22.0 Å². The third-order valence-electron chi connectivity index (χ3n) is 8.91. The van der Waals surface area contributed by atoms with Gasteiger partial charge in [0.15, 0.2) is 11.0 Å². The zero-order valence-corrected chi connectivity index (χ0v) is 33.2. The highest BCUT2D eigenvalue weighted by molar-refractivity contribution is 7.86. The molecule has 0 fully saturated rings. The lowest BCUT2D eigenvalue weighted by Crippen LogP contribution is -2.35. The molecule has 55 heavy (non-hydrogen) atoms. The van der Waals surface area contributed by atoms with Crippen molar-refractivity contribution < 1.29 is 53.2 Å². The number of imidazole rings is 1. The number of hydrogen-bond acceptors (Lipinski definition) is 9. The number of ether oxygens (including phenoxy) is 1. The van der Waals surface area contributed by atoms with E-state index in [1.54, 1.807) is 47.2 Å². The number of thiophene rings is 1. The van der Waals surface area contributed by atoms with E-state index in [0.29, 0.717) is 41.4 Å². The molecule has 1 aliphatic rings. The van der Waals surface area contributed by atoms with Gasteiger partial charge >= 0.3 is 12.1 Å². The van der Waals surface area contributed by atoms with Crippen molar-refractivity contribution in [1.29, 1.82) is 0 Å². The molecule has 0 spiro atoms. The molecule has 0 radical (unpaired) electrons. The Morgan fingerprint density at radius 3 is 2.31 bits per heavy atom. The molecule has 296 valence electrons. The van der Waals surface area contributed by atoms with E-state index in [1.807, 2.05) is 45.7 Å². The van der Waals surface area contributed by atoms with Crippen molar-refractivity contribution in [3.8, 4) is 0 Å². The predicted octanol–water partition coefficient (Wildman–Crippen LogP) is 7.00. The monoisotopic (exact) mass is 843 g/mol. The van der Waals surface area contributed by atoms with Crippen molar-refractivity contribution in [2.45, 2.75) is 45.5 Å². The molecule has 0 unspecified atom stereocenters. The lowest BCUT2D eigenvalue weighted by molar-refractivity contribution is -0.670. The van der Waals surface area contributed by atoms with Gasteiger partial charge in [0.25, 0.3) is 26.1 Å². The molecule has 4 aromatic rings. The number of aromatic nitrogens is 2. The first kappa shape index (κ1) is 42.0. The normalized spacial score (nSPS) is 14.9. The van der Waals surface area contributed by atoms with Crippen LogP contribution in [0.25, 0.3) is 17.1 Å². The Bertz CT molecular complexity index is 2390. The molecule has 19 heteroatoms. The quantitative estimate of drug-likeness (QED) is 0.0554. The second kappa shape index (κ2) is 16.9. The third-order valence-corrected chi connectivity index (χ3v) is 11.7. The Kier molecular flexibility index (Phi) is 12.9. The maximum Gasteiger partial charge on any atom is 0.417 e. The van der Waals surface area contributed by atoms with Gasteiger partial charge in [-0.3, -0.25) is 9.11 Å². The highest BCUT2D eigenvalue weighted by Crippen LogP contribution is 2.47. The van der Waals surface area contributed by atoms with E-state index in [2.05, 4.69) is 0 Å². The zero-order chi connectivity index (χ0) is 40.3. The van der Waals surface area contributed by atoms with Crippen molar-refractivity contribution >= 4 is 77.6 Å². The molecule has 0 saturated heterocycles. The van der Waals surface area contributed by atoms with Gasteiger partial charge < -0.3 is 14.5 Å². The van der Waals surface area contributed by atoms with Crippen LogP contribution in [0.5, 0.6) is 0 Å². The summed E-state index contributed by atoms with van der Waals surface area (Å²) in [5, 5.41) is 1.43. The Labute approximate surface area is 325 Å². The molecule has 5 rings (SSSR count). The number of rotatable bonds is 15. The first-order valence-electron chi connectivity index (χ1n) is 16.9. The number of anilines is 2. The van der Waals surface area contributed by atoms with Gasteiger partial charge in [0, 0.05) is 43.5 Å². The summed E-state index contributed by atoms with van der Waals surface area (Å²) in [6, 6.07) is 11.1. The number of carbonyl (C=O) groups excluding carboxylic acids is 1. The van der Waals surface area contributed by atoms with Crippen molar-refractivity contribution in [1.82, 2.24) is 4.57 Å². The van der Waals surface area contributed by atoms with Gasteiger partial charge in [0.2, 0.25) is 0 Å². The summed E-state index contributed by atoms with van der Waals surface area (Å²) in [4.78, 5) is 16.6. The molecule has 0 aliphatic carbocycles. The van der Waals surface area contributed by atoms with E-state index < -0.39 is 54.5 Å². The summed E-state index contributed by atoms with van der Waals surface area (Å²) in [5.74, 6) is -0.552. The number of benzene rings is 2. The van der Waals surface area contributed by atoms with Gasteiger partial charge in [-0.1, -0.05) is 29.8 Å². The average molecular weight is 844 g/mol. The molecule has 0 amide bonds. The predicted molar refractivity (Wildman–Crippen MR) is 207 cm³/mol. The van der Waals surface area contributed by atoms with E-state index in [-0.39, 0.29) is 31.6 Å². The molecular formula is C36H39ClF3N4O8S3+. The molecule has 3 heterocycles. The first-order chi connectivity index (χ1) is 25.8. The number of aryl methyl sites for hydroxylation is 2. The Morgan fingerprint density at radius 2 is 1.71 bits per heavy atom. The van der Waals surface area contributed by atoms with Crippen LogP contribution in [0.1, 0.15) is 46.4 Å². The van der Waals surface area contributed by atoms with Gasteiger partial charge in [-0.15, -0.1) is 11.3 Å². The van der Waals surface area contributed by atoms with Crippen LogP contribution in [0.2, 0.25) is 5.02 Å². The minimum atomic E-state index is -4.75. The summed E-state index contributed by atoms with van der Waals surface area (Å²) in [6.07, 6.45) is 2.90. The SMILES string of the molecule is CC[n+]1c(/C=C/C(=C\C=C2/N(C)c3cc(Cl)c(C(F)(F)F)cc3N2CCCS(=O)(=O)O)Cc2cccs2)n(CCCS(=O)(=O)O)c2cc(C(=O)OC)ccc21. The number of methoxy groups -OCH3 is 1. The average Bonchev–Trinajstić information content (AvgIpc) is 3.78. The van der Waals surface area contributed by atoms with Crippen LogP contribution < -0.4 is 14.4 Å². The standard InChI is InChI=1S/C36H38ClF3N4O8S3/c1-4-42-29-12-11-25(35(45)52-3)21-31(29)44(16-7-19-55(49,50)51)34(42)14-10-24(20-26-8-5-17-53-26)9-13-33-41(2)30-23-28(37)27(36(38,39)40)22-32(30)43(33)15-6-18-54(46,47)48/h5,8-14,17,21-23H,4,6-7,15-16,18-20H2,1-3H3,(H-,46,47,48,49,50,51)/p+1. The molecular weight excluding hydrogens is 805 g/mol. The van der Waals surface area contributed by atoms with E-state index in [1.165, 1.54) is 24.5 Å². The molecule has 2 N–H and O–H groups in total. The molecule has 12 nitrogen and oxygen atoms in total. The maximum absolute atomic E-state index is 13.9. The van der Waals surface area contributed by atoms with Crippen LogP contribution in [0.3, 0.4) is 0 Å². The van der Waals surface area contributed by atoms with Crippen molar-refractivity contribution in [3.63, 3.8) is 0 Å². The van der Waals surface area contributed by atoms with Crippen molar-refractivity contribution in [2.24, 2.45) is 0 Å². The second-order valence-electron chi connectivity index (χ2n) is 12.6. The van der Waals surface area contributed by atoms with Crippen LogP contribution in [0, 0.1) is 0 Å². The zero-order valence-electron chi connectivity index (χ0n) is 30.0. The smallest absolute Gasteiger partial charge is 0.417 e. The fraction of sp³-hybridized carbons (Fsp3) is 0.333. The molecule has 2 aromatic carbocycles. The number of fused-ring (bicyclic) bond motifs is 2. The van der Waals surface area contributed by atoms with Gasteiger partial charge in [-0.25, -0.2) is 13.9 Å². The lowest BCUT2D eigenvalue weighted by atomic mass is 10.1. The van der Waals surface area contributed by atoms with E-state index in [4.69, 9.17) is 16.3 Å². The molecule has 0 saturated carbocycles. The van der Waals surface area contributed by atoms with Gasteiger partial charge in [0.1, 0.15) is 5.82 Å². The molecule has 1 aliphatic heterocycles. The Hall–Kier alpha value is -4.20. The summed E-state index contributed by atoms with van der Waals surface area (Å²) >= 11 is 7.61. The number of alkyl halides is 3. The first-order valence-corrected chi connectivity index (χ1v) is 21.4. The fourth-order valence-electron chi connectivity index (χ4n) is 6.43. The van der Waals surface area contributed by atoms with Crippen molar-refractivity contribution in [2.75, 3.05) is 42.0 Å². The number of allylic oxidation sites excluding steroid dienone is 4. The molecule has 0 atom stereocenters. The number of halogens is 4. The van der Waals surface area contributed by atoms with Crippen molar-refractivity contribution in [3.05, 3.63) is 104 Å². The number of esters is 1. The van der Waals surface area contributed by atoms with Crippen LogP contribution in [0.4, 0.5) is 24.5 Å². The number of nitrogens with zero attached hydrogens (tertiary/aromatic N) is 4. The van der Waals surface area contributed by atoms with E-state index in [9.17, 15) is 43.9 Å².